The molecular formula is C11H10F3N3. The van der Waals surface area contributed by atoms with Crippen LogP contribution >= 0.6 is 0 Å². The van der Waals surface area contributed by atoms with Crippen LogP contribution in [0.25, 0.3) is 5.69 Å². The first-order chi connectivity index (χ1) is 8.02. The summed E-state index contributed by atoms with van der Waals surface area (Å²) in [6, 6.07) is 9.54. The quantitative estimate of drug-likeness (QED) is 0.877. The van der Waals surface area contributed by atoms with Crippen LogP contribution in [-0.4, -0.2) is 9.78 Å². The average Bonchev–Trinajstić information content (AvgIpc) is 2.73. The lowest BCUT2D eigenvalue weighted by atomic mass is 10.3. The van der Waals surface area contributed by atoms with Crippen molar-refractivity contribution in [2.24, 2.45) is 5.73 Å². The summed E-state index contributed by atoms with van der Waals surface area (Å²) in [5.74, 6) is 0. The van der Waals surface area contributed by atoms with E-state index in [0.29, 0.717) is 11.4 Å². The molecular weight excluding hydrogens is 231 g/mol. The second-order valence-electron chi connectivity index (χ2n) is 3.47. The minimum Gasteiger partial charge on any atom is -0.325 e. The van der Waals surface area contributed by atoms with Gasteiger partial charge in [-0.3, -0.25) is 0 Å². The van der Waals surface area contributed by atoms with Crippen LogP contribution in [0.3, 0.4) is 0 Å². The molecule has 17 heavy (non-hydrogen) atoms. The van der Waals surface area contributed by atoms with Crippen molar-refractivity contribution in [3.05, 3.63) is 47.8 Å². The molecule has 1 heterocycles. The van der Waals surface area contributed by atoms with Crippen molar-refractivity contribution < 1.29 is 13.2 Å². The molecule has 2 N–H and O–H groups in total. The van der Waals surface area contributed by atoms with Crippen molar-refractivity contribution in [3.8, 4) is 5.69 Å². The minimum absolute atomic E-state index is 0.00201. The number of halogens is 3. The largest absolute Gasteiger partial charge is 0.435 e. The van der Waals surface area contributed by atoms with Crippen LogP contribution in [0.2, 0.25) is 0 Å². The molecule has 90 valence electrons. The molecule has 6 heteroatoms. The lowest BCUT2D eigenvalue weighted by Crippen LogP contribution is -2.08. The van der Waals surface area contributed by atoms with E-state index in [1.54, 1.807) is 30.3 Å². The second kappa shape index (κ2) is 4.21. The number of alkyl halides is 3. The molecule has 0 fully saturated rings. The van der Waals surface area contributed by atoms with Gasteiger partial charge >= 0.3 is 6.18 Å². The van der Waals surface area contributed by atoms with E-state index >= 15 is 0 Å². The fraction of sp³-hybridized carbons (Fsp3) is 0.182. The lowest BCUT2D eigenvalue weighted by Gasteiger charge is -2.05. The fourth-order valence-electron chi connectivity index (χ4n) is 1.50. The SMILES string of the molecule is NCc1cc(C(F)(F)F)nn1-c1ccccc1. The molecule has 0 amide bonds. The molecule has 1 aromatic carbocycles. The number of para-hydroxylation sites is 1. The summed E-state index contributed by atoms with van der Waals surface area (Å²) in [6.07, 6.45) is -4.45. The van der Waals surface area contributed by atoms with Crippen LogP contribution in [-0.2, 0) is 12.7 Å². The van der Waals surface area contributed by atoms with Gasteiger partial charge in [0.2, 0.25) is 0 Å². The van der Waals surface area contributed by atoms with Crippen molar-refractivity contribution in [2.75, 3.05) is 0 Å². The Bertz CT molecular complexity index is 502. The Morgan fingerprint density at radius 1 is 1.18 bits per heavy atom. The predicted octanol–water partition coefficient (Wildman–Crippen LogP) is 2.35. The monoisotopic (exact) mass is 241 g/mol. The minimum atomic E-state index is -4.45. The molecule has 2 aromatic rings. The first-order valence-corrected chi connectivity index (χ1v) is 4.94. The standard InChI is InChI=1S/C11H10F3N3/c12-11(13,14)10-6-9(7-15)17(16-10)8-4-2-1-3-5-8/h1-6H,7,15H2. The number of nitrogens with zero attached hydrogens (tertiary/aromatic N) is 2. The maximum atomic E-state index is 12.5. The van der Waals surface area contributed by atoms with Crippen LogP contribution in [0.15, 0.2) is 36.4 Å². The van der Waals surface area contributed by atoms with E-state index in [1.165, 1.54) is 4.68 Å². The highest BCUT2D eigenvalue weighted by Gasteiger charge is 2.34. The third-order valence-corrected chi connectivity index (χ3v) is 2.28. The van der Waals surface area contributed by atoms with E-state index < -0.39 is 11.9 Å². The molecule has 0 spiro atoms. The van der Waals surface area contributed by atoms with E-state index in [0.717, 1.165) is 6.07 Å². The van der Waals surface area contributed by atoms with Crippen molar-refractivity contribution in [3.63, 3.8) is 0 Å². The zero-order chi connectivity index (χ0) is 12.5. The smallest absolute Gasteiger partial charge is 0.325 e. The molecule has 0 radical (unpaired) electrons. The van der Waals surface area contributed by atoms with E-state index in [9.17, 15) is 13.2 Å². The normalized spacial score (nSPS) is 11.8. The first-order valence-electron chi connectivity index (χ1n) is 4.94. The highest BCUT2D eigenvalue weighted by atomic mass is 19.4. The molecule has 0 aliphatic rings. The van der Waals surface area contributed by atoms with Gasteiger partial charge in [-0.15, -0.1) is 0 Å². The zero-order valence-electron chi connectivity index (χ0n) is 8.78. The topological polar surface area (TPSA) is 43.8 Å². The number of rotatable bonds is 2. The molecule has 0 saturated carbocycles. The predicted molar refractivity (Wildman–Crippen MR) is 56.5 cm³/mol. The molecule has 0 bridgehead atoms. The Morgan fingerprint density at radius 3 is 2.35 bits per heavy atom. The maximum Gasteiger partial charge on any atom is 0.435 e. The van der Waals surface area contributed by atoms with E-state index in [1.807, 2.05) is 0 Å². The number of benzene rings is 1. The van der Waals surface area contributed by atoms with Gasteiger partial charge in [0.25, 0.3) is 0 Å². The number of hydrogen-bond donors (Lipinski definition) is 1. The Balaban J connectivity index is 2.51. The van der Waals surface area contributed by atoms with E-state index in [4.69, 9.17) is 5.73 Å². The molecule has 0 aliphatic carbocycles. The summed E-state index contributed by atoms with van der Waals surface area (Å²) in [5, 5.41) is 3.53. The highest BCUT2D eigenvalue weighted by molar-refractivity contribution is 5.33. The summed E-state index contributed by atoms with van der Waals surface area (Å²) in [6.45, 7) is -0.00201. The first kappa shape index (κ1) is 11.7. The summed E-state index contributed by atoms with van der Waals surface area (Å²) in [7, 11) is 0. The van der Waals surface area contributed by atoms with Gasteiger partial charge in [-0.2, -0.15) is 18.3 Å². The van der Waals surface area contributed by atoms with Crippen LogP contribution in [0.1, 0.15) is 11.4 Å². The van der Waals surface area contributed by atoms with Crippen LogP contribution < -0.4 is 5.73 Å². The third-order valence-electron chi connectivity index (χ3n) is 2.28. The van der Waals surface area contributed by atoms with Gasteiger partial charge in [-0.1, -0.05) is 18.2 Å². The Hall–Kier alpha value is -1.82. The number of hydrogen-bond acceptors (Lipinski definition) is 2. The fourth-order valence-corrected chi connectivity index (χ4v) is 1.50. The van der Waals surface area contributed by atoms with Crippen LogP contribution in [0, 0.1) is 0 Å². The molecule has 3 nitrogen and oxygen atoms in total. The molecule has 0 atom stereocenters. The Kier molecular flexibility index (Phi) is 2.89. The van der Waals surface area contributed by atoms with Crippen molar-refractivity contribution in [1.82, 2.24) is 9.78 Å². The van der Waals surface area contributed by atoms with Gasteiger partial charge in [0.05, 0.1) is 11.4 Å². The summed E-state index contributed by atoms with van der Waals surface area (Å²) in [4.78, 5) is 0. The third kappa shape index (κ3) is 2.31. The maximum absolute atomic E-state index is 12.5. The highest BCUT2D eigenvalue weighted by Crippen LogP contribution is 2.29. The van der Waals surface area contributed by atoms with Crippen molar-refractivity contribution in [1.29, 1.82) is 0 Å². The van der Waals surface area contributed by atoms with Gasteiger partial charge in [0.15, 0.2) is 5.69 Å². The molecule has 0 aliphatic heterocycles. The van der Waals surface area contributed by atoms with Crippen molar-refractivity contribution >= 4 is 0 Å². The molecule has 0 unspecified atom stereocenters. The second-order valence-corrected chi connectivity index (χ2v) is 3.47. The summed E-state index contributed by atoms with van der Waals surface area (Å²) >= 11 is 0. The van der Waals surface area contributed by atoms with Gasteiger partial charge in [-0.25, -0.2) is 4.68 Å². The summed E-state index contributed by atoms with van der Waals surface area (Å²) < 4.78 is 38.8. The zero-order valence-corrected chi connectivity index (χ0v) is 8.78. The van der Waals surface area contributed by atoms with E-state index in [2.05, 4.69) is 5.10 Å². The van der Waals surface area contributed by atoms with Gasteiger partial charge in [0, 0.05) is 6.54 Å². The number of nitrogens with two attached hydrogens (primary N) is 1. The molecule has 2 rings (SSSR count). The number of aromatic nitrogens is 2. The van der Waals surface area contributed by atoms with Gasteiger partial charge < -0.3 is 5.73 Å². The van der Waals surface area contributed by atoms with Crippen LogP contribution in [0.4, 0.5) is 13.2 Å². The van der Waals surface area contributed by atoms with Crippen molar-refractivity contribution in [2.45, 2.75) is 12.7 Å². The molecule has 1 aromatic heterocycles. The average molecular weight is 241 g/mol. The molecule has 0 saturated heterocycles. The van der Waals surface area contributed by atoms with Crippen LogP contribution in [0.5, 0.6) is 0 Å². The summed E-state index contributed by atoms with van der Waals surface area (Å²) in [5.41, 5.74) is 5.37. The lowest BCUT2D eigenvalue weighted by molar-refractivity contribution is -0.141. The van der Waals surface area contributed by atoms with Gasteiger partial charge in [-0.05, 0) is 18.2 Å². The van der Waals surface area contributed by atoms with Gasteiger partial charge in [0.1, 0.15) is 0 Å². The van der Waals surface area contributed by atoms with E-state index in [-0.39, 0.29) is 6.54 Å². The Morgan fingerprint density at radius 2 is 1.82 bits per heavy atom. The Labute approximate surface area is 95.7 Å².